The Morgan fingerprint density at radius 1 is 1.10 bits per heavy atom. The summed E-state index contributed by atoms with van der Waals surface area (Å²) in [6.07, 6.45) is 2.07. The Hall–Kier alpha value is -2.06. The average molecular weight is 407 g/mol. The fourth-order valence-corrected chi connectivity index (χ4v) is 4.51. The van der Waals surface area contributed by atoms with Crippen LogP contribution in [0.5, 0.6) is 0 Å². The normalized spacial score (nSPS) is 22.2. The van der Waals surface area contributed by atoms with Crippen molar-refractivity contribution >= 4 is 5.69 Å². The molecule has 0 aliphatic carbocycles. The van der Waals surface area contributed by atoms with Gasteiger partial charge in [-0.25, -0.2) is 0 Å². The highest BCUT2D eigenvalue weighted by Gasteiger charge is 2.32. The largest absolute Gasteiger partial charge is 0.416 e. The lowest BCUT2D eigenvalue weighted by Crippen LogP contribution is -2.55. The molecule has 8 heteroatoms. The number of aryl methyl sites for hydroxylation is 1. The van der Waals surface area contributed by atoms with Gasteiger partial charge in [0.15, 0.2) is 0 Å². The predicted octanol–water partition coefficient (Wildman–Crippen LogP) is 3.23. The Morgan fingerprint density at radius 2 is 1.90 bits per heavy atom. The summed E-state index contributed by atoms with van der Waals surface area (Å²) < 4.78 is 40.8. The van der Waals surface area contributed by atoms with Crippen molar-refractivity contribution in [2.75, 3.05) is 44.2 Å². The summed E-state index contributed by atoms with van der Waals surface area (Å²) in [6, 6.07) is 6.21. The molecule has 5 nitrogen and oxygen atoms in total. The van der Waals surface area contributed by atoms with Crippen molar-refractivity contribution < 1.29 is 13.2 Å². The van der Waals surface area contributed by atoms with E-state index in [-0.39, 0.29) is 0 Å². The lowest BCUT2D eigenvalue weighted by Gasteiger charge is -2.44. The van der Waals surface area contributed by atoms with Crippen LogP contribution < -0.4 is 4.90 Å². The molecule has 2 fully saturated rings. The van der Waals surface area contributed by atoms with E-state index in [9.17, 15) is 13.2 Å². The molecule has 0 saturated carbocycles. The third kappa shape index (κ3) is 4.93. The SMILES string of the molecule is Cn1cc(CN2CCCC(N3CCN(c4cccc(C(F)(F)F)c4)CC3)C2)cn1. The van der Waals surface area contributed by atoms with Crippen LogP contribution in [-0.2, 0) is 19.8 Å². The van der Waals surface area contributed by atoms with Crippen molar-refractivity contribution in [3.05, 3.63) is 47.8 Å². The first kappa shape index (κ1) is 20.2. The molecule has 158 valence electrons. The Bertz CT molecular complexity index is 811. The zero-order valence-corrected chi connectivity index (χ0v) is 16.8. The van der Waals surface area contributed by atoms with Crippen molar-refractivity contribution in [3.8, 4) is 0 Å². The third-order valence-corrected chi connectivity index (χ3v) is 6.01. The number of benzene rings is 1. The molecule has 1 unspecified atom stereocenters. The fourth-order valence-electron chi connectivity index (χ4n) is 4.51. The van der Waals surface area contributed by atoms with E-state index < -0.39 is 11.7 Å². The van der Waals surface area contributed by atoms with Gasteiger partial charge < -0.3 is 4.90 Å². The summed E-state index contributed by atoms with van der Waals surface area (Å²) in [4.78, 5) is 7.08. The molecule has 2 aromatic rings. The van der Waals surface area contributed by atoms with E-state index in [1.807, 2.05) is 17.9 Å². The summed E-state index contributed by atoms with van der Waals surface area (Å²) >= 11 is 0. The standard InChI is InChI=1S/C21H28F3N5/c1-26-14-17(13-25-26)15-27-7-3-6-20(16-27)29-10-8-28(9-11-29)19-5-2-4-18(12-19)21(22,23)24/h2,4-5,12-14,20H,3,6-11,15-16H2,1H3. The maximum atomic E-state index is 13.0. The molecule has 4 rings (SSSR count). The van der Waals surface area contributed by atoms with Gasteiger partial charge >= 0.3 is 6.18 Å². The number of hydrogen-bond acceptors (Lipinski definition) is 4. The number of alkyl halides is 3. The quantitative estimate of drug-likeness (QED) is 0.778. The highest BCUT2D eigenvalue weighted by Crippen LogP contribution is 2.32. The van der Waals surface area contributed by atoms with Gasteiger partial charge in [-0.05, 0) is 37.6 Å². The first-order valence-electron chi connectivity index (χ1n) is 10.2. The van der Waals surface area contributed by atoms with Gasteiger partial charge in [0, 0.05) is 69.8 Å². The third-order valence-electron chi connectivity index (χ3n) is 6.01. The van der Waals surface area contributed by atoms with Crippen LogP contribution in [0.1, 0.15) is 24.0 Å². The topological polar surface area (TPSA) is 27.5 Å². The molecule has 29 heavy (non-hydrogen) atoms. The van der Waals surface area contributed by atoms with E-state index in [1.165, 1.54) is 30.5 Å². The van der Waals surface area contributed by atoms with E-state index in [1.54, 1.807) is 6.07 Å². The number of likely N-dealkylation sites (tertiary alicyclic amines) is 1. The summed E-state index contributed by atoms with van der Waals surface area (Å²) in [6.45, 7) is 6.38. The highest BCUT2D eigenvalue weighted by molar-refractivity contribution is 5.49. The van der Waals surface area contributed by atoms with Crippen LogP contribution in [0.3, 0.4) is 0 Å². The van der Waals surface area contributed by atoms with Gasteiger partial charge in [0.05, 0.1) is 11.8 Å². The lowest BCUT2D eigenvalue weighted by molar-refractivity contribution is -0.137. The van der Waals surface area contributed by atoms with Crippen molar-refractivity contribution in [2.45, 2.75) is 31.6 Å². The molecule has 1 atom stereocenters. The minimum Gasteiger partial charge on any atom is -0.369 e. The number of halogens is 3. The van der Waals surface area contributed by atoms with E-state index in [0.29, 0.717) is 11.7 Å². The maximum Gasteiger partial charge on any atom is 0.416 e. The fraction of sp³-hybridized carbons (Fsp3) is 0.571. The molecular weight excluding hydrogens is 379 g/mol. The van der Waals surface area contributed by atoms with Crippen molar-refractivity contribution in [1.82, 2.24) is 19.6 Å². The number of nitrogens with zero attached hydrogens (tertiary/aromatic N) is 5. The number of piperazine rings is 1. The number of rotatable bonds is 4. The summed E-state index contributed by atoms with van der Waals surface area (Å²) in [5.74, 6) is 0. The molecular formula is C21H28F3N5. The monoisotopic (exact) mass is 407 g/mol. The number of piperidine rings is 1. The Labute approximate surface area is 169 Å². The first-order valence-corrected chi connectivity index (χ1v) is 10.2. The molecule has 3 heterocycles. The van der Waals surface area contributed by atoms with Crippen molar-refractivity contribution in [1.29, 1.82) is 0 Å². The Morgan fingerprint density at radius 3 is 2.59 bits per heavy atom. The van der Waals surface area contributed by atoms with Crippen molar-refractivity contribution in [2.24, 2.45) is 7.05 Å². The number of anilines is 1. The van der Waals surface area contributed by atoms with E-state index in [0.717, 1.165) is 51.9 Å². The van der Waals surface area contributed by atoms with Crippen LogP contribution in [0.15, 0.2) is 36.7 Å². The number of hydrogen-bond donors (Lipinski definition) is 0. The molecule has 1 aromatic carbocycles. The second-order valence-electron chi connectivity index (χ2n) is 8.12. The van der Waals surface area contributed by atoms with E-state index in [2.05, 4.69) is 26.0 Å². The van der Waals surface area contributed by atoms with Crippen LogP contribution >= 0.6 is 0 Å². The predicted molar refractivity (Wildman–Crippen MR) is 107 cm³/mol. The van der Waals surface area contributed by atoms with Gasteiger partial charge in [-0.2, -0.15) is 18.3 Å². The summed E-state index contributed by atoms with van der Waals surface area (Å²) in [5.41, 5.74) is 1.33. The molecule has 0 spiro atoms. The van der Waals surface area contributed by atoms with Gasteiger partial charge in [-0.3, -0.25) is 14.5 Å². The van der Waals surface area contributed by atoms with Crippen LogP contribution in [0.4, 0.5) is 18.9 Å². The molecule has 2 aliphatic heterocycles. The summed E-state index contributed by atoms with van der Waals surface area (Å²) in [5, 5.41) is 4.25. The first-order chi connectivity index (χ1) is 13.9. The molecule has 0 bridgehead atoms. The number of aromatic nitrogens is 2. The van der Waals surface area contributed by atoms with Crippen molar-refractivity contribution in [3.63, 3.8) is 0 Å². The Kier molecular flexibility index (Phi) is 5.83. The second-order valence-corrected chi connectivity index (χ2v) is 8.12. The minimum atomic E-state index is -4.29. The molecule has 2 saturated heterocycles. The van der Waals surface area contributed by atoms with Crippen LogP contribution in [0.25, 0.3) is 0 Å². The highest BCUT2D eigenvalue weighted by atomic mass is 19.4. The minimum absolute atomic E-state index is 0.518. The zero-order valence-electron chi connectivity index (χ0n) is 16.8. The molecule has 2 aliphatic rings. The lowest BCUT2D eigenvalue weighted by atomic mass is 10.0. The van der Waals surface area contributed by atoms with Gasteiger partial charge in [-0.1, -0.05) is 6.07 Å². The van der Waals surface area contributed by atoms with Gasteiger partial charge in [0.25, 0.3) is 0 Å². The smallest absolute Gasteiger partial charge is 0.369 e. The molecule has 0 N–H and O–H groups in total. The molecule has 1 aromatic heterocycles. The van der Waals surface area contributed by atoms with E-state index in [4.69, 9.17) is 0 Å². The van der Waals surface area contributed by atoms with Gasteiger partial charge in [-0.15, -0.1) is 0 Å². The van der Waals surface area contributed by atoms with Crippen LogP contribution in [-0.4, -0.2) is 64.9 Å². The van der Waals surface area contributed by atoms with E-state index >= 15 is 0 Å². The zero-order chi connectivity index (χ0) is 20.4. The van der Waals surface area contributed by atoms with Crippen LogP contribution in [0.2, 0.25) is 0 Å². The second kappa shape index (κ2) is 8.36. The Balaban J connectivity index is 1.32. The van der Waals surface area contributed by atoms with Gasteiger partial charge in [0.1, 0.15) is 0 Å². The maximum absolute atomic E-state index is 13.0. The van der Waals surface area contributed by atoms with Crippen LogP contribution in [0, 0.1) is 0 Å². The van der Waals surface area contributed by atoms with Gasteiger partial charge in [0.2, 0.25) is 0 Å². The molecule has 0 radical (unpaired) electrons. The molecule has 0 amide bonds. The summed E-state index contributed by atoms with van der Waals surface area (Å²) in [7, 11) is 1.94. The average Bonchev–Trinajstić information content (AvgIpc) is 3.12.